The Hall–Kier alpha value is -5.83. The maximum atomic E-state index is 14.4. The van der Waals surface area contributed by atoms with Crippen molar-refractivity contribution in [3.63, 3.8) is 0 Å². The Balaban J connectivity index is 0.763. The van der Waals surface area contributed by atoms with Gasteiger partial charge in [0, 0.05) is 98.6 Å². The highest BCUT2D eigenvalue weighted by molar-refractivity contribution is 6.31. The summed E-state index contributed by atoms with van der Waals surface area (Å²) >= 11 is 6.27. The van der Waals surface area contributed by atoms with Gasteiger partial charge < -0.3 is 40.2 Å². The number of hydrogen-bond donors (Lipinski definition) is 4. The van der Waals surface area contributed by atoms with Crippen molar-refractivity contribution in [3.8, 4) is 17.6 Å². The largest absolute Gasteiger partial charge is 0.492 e. The molecule has 1 unspecified atom stereocenters. The Kier molecular flexibility index (Phi) is 17.9. The summed E-state index contributed by atoms with van der Waals surface area (Å²) in [6.07, 6.45) is 5.51. The van der Waals surface area contributed by atoms with Crippen LogP contribution in [0, 0.1) is 27.6 Å². The van der Waals surface area contributed by atoms with Gasteiger partial charge in [0.1, 0.15) is 49.0 Å². The van der Waals surface area contributed by atoms with E-state index in [2.05, 4.69) is 64.5 Å². The number of halogens is 1. The van der Waals surface area contributed by atoms with Crippen molar-refractivity contribution in [1.82, 2.24) is 30.7 Å². The normalized spacial score (nSPS) is 25.0. The van der Waals surface area contributed by atoms with E-state index in [0.717, 1.165) is 81.7 Å². The molecule has 3 heterocycles. The number of aliphatic hydroxyl groups excluding tert-OH is 1. The number of allylic oxidation sites excluding steroid dienone is 2. The Morgan fingerprint density at radius 3 is 2.23 bits per heavy atom. The van der Waals surface area contributed by atoms with Crippen LogP contribution in [0.1, 0.15) is 134 Å². The van der Waals surface area contributed by atoms with E-state index in [1.807, 2.05) is 77.2 Å². The highest BCUT2D eigenvalue weighted by atomic mass is 35.5. The number of ether oxygens (including phenoxy) is 3. The number of benzene rings is 3. The number of β-amino-alcohol motifs (C(OH)–C–C–N with tert-alkyl or cyclic N) is 1. The van der Waals surface area contributed by atoms with E-state index in [9.17, 15) is 29.5 Å². The number of amides is 4. The van der Waals surface area contributed by atoms with Gasteiger partial charge >= 0.3 is 0 Å². The molecule has 2 saturated heterocycles. The van der Waals surface area contributed by atoms with E-state index >= 15 is 0 Å². The number of aliphatic imine (C=N–C) groups is 1. The summed E-state index contributed by atoms with van der Waals surface area (Å²) in [7, 11) is 0. The van der Waals surface area contributed by atoms with Crippen molar-refractivity contribution >= 4 is 47.0 Å². The summed E-state index contributed by atoms with van der Waals surface area (Å²) in [6, 6.07) is 20.3. The maximum absolute atomic E-state index is 14.4. The van der Waals surface area contributed by atoms with Crippen LogP contribution in [0.4, 0.5) is 0 Å². The molecule has 3 aromatic carbocycles. The van der Waals surface area contributed by atoms with E-state index in [4.69, 9.17) is 25.8 Å². The standard InChI is InChI=1S/C60H79ClN8O8/c1-37(39-14-16-40(17-15-39)46-24-25-63-38(46)2)64-54(73)49-32-43(70)35-69(49)55(74)52(58(3,4)5)65-51(71)36-76-50-13-11-10-12-48(50)68-28-26-67(27-29-68)30-31-75-44-21-18-41(19-22-44)53(72)66-56-59(6,7)57(60(56,8)9)77-45-23-20-42(34-62)47(61)33-45/h14-23,25,33,37,43,48-50,52,56-57,70H,10-13,24,26-32,35-36H2,1-9H3,(H,64,73)(H,65,71)(H,66,72)/t37-,43+,48-,49-,50-,52?,56?,57?/m0/s1. The fraction of sp³-hybridized carbons (Fsp3) is 0.567. The number of rotatable bonds is 18. The van der Waals surface area contributed by atoms with Crippen LogP contribution in [-0.4, -0.2) is 145 Å². The number of carbonyl (C=O) groups is 4. The molecule has 16 nitrogen and oxygen atoms in total. The molecule has 2 aliphatic carbocycles. The van der Waals surface area contributed by atoms with Gasteiger partial charge in [-0.1, -0.05) is 97.2 Å². The lowest BCUT2D eigenvalue weighted by Gasteiger charge is -2.63. The summed E-state index contributed by atoms with van der Waals surface area (Å²) < 4.78 is 18.9. The molecule has 4 N–H and O–H groups in total. The molecule has 5 aliphatic rings. The highest BCUT2D eigenvalue weighted by Crippen LogP contribution is 2.55. The fourth-order valence-electron chi connectivity index (χ4n) is 12.5. The lowest BCUT2D eigenvalue weighted by molar-refractivity contribution is -0.164. The van der Waals surface area contributed by atoms with Gasteiger partial charge in [-0.25, -0.2) is 0 Å². The molecule has 17 heteroatoms. The van der Waals surface area contributed by atoms with Crippen LogP contribution in [0.3, 0.4) is 0 Å². The van der Waals surface area contributed by atoms with Crippen molar-refractivity contribution in [2.24, 2.45) is 21.2 Å². The van der Waals surface area contributed by atoms with Gasteiger partial charge in [-0.3, -0.25) is 34.0 Å². The maximum Gasteiger partial charge on any atom is 0.251 e. The van der Waals surface area contributed by atoms with Gasteiger partial charge in [-0.2, -0.15) is 5.26 Å². The van der Waals surface area contributed by atoms with E-state index in [0.29, 0.717) is 34.3 Å². The fourth-order valence-corrected chi connectivity index (χ4v) is 12.7. The molecule has 4 fully saturated rings. The van der Waals surface area contributed by atoms with E-state index in [1.54, 1.807) is 30.3 Å². The molecule has 0 aromatic heterocycles. The highest BCUT2D eigenvalue weighted by Gasteiger charge is 2.64. The molecule has 8 rings (SSSR count). The van der Waals surface area contributed by atoms with Crippen molar-refractivity contribution in [2.75, 3.05) is 52.5 Å². The van der Waals surface area contributed by atoms with Crippen LogP contribution in [0.25, 0.3) is 5.57 Å². The second-order valence-electron chi connectivity index (χ2n) is 23.9. The zero-order valence-corrected chi connectivity index (χ0v) is 47.1. The minimum atomic E-state index is -0.954. The lowest BCUT2D eigenvalue weighted by atomic mass is 9.49. The number of carbonyl (C=O) groups excluding carboxylic acids is 4. The topological polar surface area (TPSA) is 198 Å². The molecule has 0 bridgehead atoms. The molecular formula is C60H79ClN8O8. The van der Waals surface area contributed by atoms with Crippen LogP contribution in [-0.2, 0) is 19.1 Å². The van der Waals surface area contributed by atoms with Gasteiger partial charge in [-0.05, 0) is 85.2 Å². The van der Waals surface area contributed by atoms with E-state index < -0.39 is 35.4 Å². The van der Waals surface area contributed by atoms with Gasteiger partial charge in [0.25, 0.3) is 5.91 Å². The zero-order chi connectivity index (χ0) is 55.4. The monoisotopic (exact) mass is 1070 g/mol. The lowest BCUT2D eigenvalue weighted by Crippen LogP contribution is -2.74. The molecule has 414 valence electrons. The summed E-state index contributed by atoms with van der Waals surface area (Å²) in [5.74, 6) is -0.0489. The van der Waals surface area contributed by atoms with Crippen LogP contribution in [0.2, 0.25) is 5.02 Å². The van der Waals surface area contributed by atoms with Gasteiger partial charge in [0.15, 0.2) is 0 Å². The minimum Gasteiger partial charge on any atom is -0.492 e. The second-order valence-corrected chi connectivity index (χ2v) is 24.4. The summed E-state index contributed by atoms with van der Waals surface area (Å²) in [4.78, 5) is 66.1. The third kappa shape index (κ3) is 13.2. The number of piperazine rings is 1. The predicted octanol–water partition coefficient (Wildman–Crippen LogP) is 7.72. The third-order valence-electron chi connectivity index (χ3n) is 16.6. The summed E-state index contributed by atoms with van der Waals surface area (Å²) in [5.41, 5.74) is 3.66. The molecule has 4 amide bonds. The first-order chi connectivity index (χ1) is 36.5. The third-order valence-corrected chi connectivity index (χ3v) is 16.9. The van der Waals surface area contributed by atoms with Crippen LogP contribution in [0.5, 0.6) is 11.5 Å². The molecule has 6 atom stereocenters. The first-order valence-electron chi connectivity index (χ1n) is 27.4. The molecule has 77 heavy (non-hydrogen) atoms. The average Bonchev–Trinajstić information content (AvgIpc) is 4.03. The number of nitrogens with zero attached hydrogens (tertiary/aromatic N) is 5. The second kappa shape index (κ2) is 24.0. The smallest absolute Gasteiger partial charge is 0.251 e. The molecule has 3 aromatic rings. The minimum absolute atomic E-state index is 0.00600. The first kappa shape index (κ1) is 57.3. The molecular weight excluding hydrogens is 996 g/mol. The Morgan fingerprint density at radius 2 is 1.60 bits per heavy atom. The Bertz CT molecular complexity index is 2710. The zero-order valence-electron chi connectivity index (χ0n) is 46.4. The predicted molar refractivity (Wildman–Crippen MR) is 298 cm³/mol. The molecule has 0 spiro atoms. The molecule has 2 saturated carbocycles. The van der Waals surface area contributed by atoms with Crippen LogP contribution in [0.15, 0.2) is 77.4 Å². The van der Waals surface area contributed by atoms with Crippen LogP contribution >= 0.6 is 11.6 Å². The number of nitriles is 1. The van der Waals surface area contributed by atoms with Gasteiger partial charge in [-0.15, -0.1) is 0 Å². The van der Waals surface area contributed by atoms with Crippen molar-refractivity contribution in [2.45, 2.75) is 149 Å². The van der Waals surface area contributed by atoms with Crippen molar-refractivity contribution in [3.05, 3.63) is 99.7 Å². The number of nitrogens with one attached hydrogen (secondary N) is 3. The van der Waals surface area contributed by atoms with E-state index in [-0.39, 0.29) is 72.6 Å². The number of likely N-dealkylation sites (tertiary alicyclic amines) is 1. The quantitative estimate of drug-likeness (QED) is 0.0973. The number of aliphatic hydroxyl groups is 1. The van der Waals surface area contributed by atoms with Crippen molar-refractivity contribution in [1.29, 1.82) is 5.26 Å². The van der Waals surface area contributed by atoms with Crippen LogP contribution < -0.4 is 25.4 Å². The van der Waals surface area contributed by atoms with Gasteiger partial charge in [0.2, 0.25) is 17.7 Å². The molecule has 0 radical (unpaired) electrons. The Morgan fingerprint density at radius 1 is 0.922 bits per heavy atom. The van der Waals surface area contributed by atoms with Crippen molar-refractivity contribution < 1.29 is 38.5 Å². The summed E-state index contributed by atoms with van der Waals surface area (Å²) in [6.45, 7) is 22.4. The van der Waals surface area contributed by atoms with E-state index in [1.165, 1.54) is 10.5 Å². The summed E-state index contributed by atoms with van der Waals surface area (Å²) in [5, 5.41) is 29.7. The average molecular weight is 1080 g/mol. The SMILES string of the molecule is CC1=C(c2ccc([C@H](C)NC(=O)[C@@H]3C[C@@H](O)CN3C(=O)C(NC(=O)CO[C@H]3CCCC[C@@H]3N3CCN(CCOc4ccc(C(=O)NC5C(C)(C)C(Oc6ccc(C#N)c(Cl)c6)C5(C)C)cc4)CC3)C(C)(C)C)cc2)CC=N1. The Labute approximate surface area is 459 Å². The van der Waals surface area contributed by atoms with Gasteiger partial charge in [0.05, 0.1) is 28.8 Å². The number of hydrogen-bond acceptors (Lipinski definition) is 12. The molecule has 3 aliphatic heterocycles. The first-order valence-corrected chi connectivity index (χ1v) is 27.8.